The lowest BCUT2D eigenvalue weighted by atomic mass is 10.2. The van der Waals surface area contributed by atoms with Gasteiger partial charge in [0.25, 0.3) is 0 Å². The number of aryl methyl sites for hydroxylation is 1. The Kier molecular flexibility index (Phi) is 3.16. The lowest BCUT2D eigenvalue weighted by Crippen LogP contribution is -2.43. The molecule has 1 aliphatic heterocycles. The van der Waals surface area contributed by atoms with Gasteiger partial charge < -0.3 is 9.30 Å². The highest BCUT2D eigenvalue weighted by atomic mass is 16.5. The second-order valence-electron chi connectivity index (χ2n) is 5.74. The molecule has 0 aromatic carbocycles. The van der Waals surface area contributed by atoms with E-state index in [1.54, 1.807) is 0 Å². The van der Waals surface area contributed by atoms with E-state index < -0.39 is 0 Å². The summed E-state index contributed by atoms with van der Waals surface area (Å²) < 4.78 is 8.08. The zero-order chi connectivity index (χ0) is 12.7. The Morgan fingerprint density at radius 3 is 2.72 bits per heavy atom. The van der Waals surface area contributed by atoms with E-state index in [4.69, 9.17) is 4.74 Å². The minimum atomic E-state index is 0.473. The predicted octanol–water partition coefficient (Wildman–Crippen LogP) is 1.65. The number of morpholine rings is 1. The average Bonchev–Trinajstić information content (AvgIpc) is 3.17. The van der Waals surface area contributed by atoms with Crippen LogP contribution < -0.4 is 0 Å². The first kappa shape index (κ1) is 12.2. The highest BCUT2D eigenvalue weighted by Gasteiger charge is 2.35. The summed E-state index contributed by atoms with van der Waals surface area (Å²) >= 11 is 0. The number of hydrogen-bond acceptors (Lipinski definition) is 3. The summed E-state index contributed by atoms with van der Waals surface area (Å²) in [5.41, 5.74) is 2.43. The Hall–Kier alpha value is -0.870. The molecule has 2 aliphatic rings. The minimum absolute atomic E-state index is 0.473. The standard InChI is InChI=1S/C14H23N3O/c1-10-11(2)16(3)14(15-10)9-17-6-7-18-13(8-17)12-4-5-12/h12-13H,4-9H2,1-3H3. The van der Waals surface area contributed by atoms with Crippen LogP contribution in [-0.4, -0.2) is 40.3 Å². The van der Waals surface area contributed by atoms with E-state index in [1.165, 1.54) is 24.4 Å². The van der Waals surface area contributed by atoms with Gasteiger partial charge in [0.05, 0.1) is 24.9 Å². The molecule has 1 atom stereocenters. The molecule has 0 radical (unpaired) electrons. The van der Waals surface area contributed by atoms with Crippen molar-refractivity contribution in [1.29, 1.82) is 0 Å². The van der Waals surface area contributed by atoms with E-state index >= 15 is 0 Å². The van der Waals surface area contributed by atoms with E-state index in [9.17, 15) is 0 Å². The first-order valence-electron chi connectivity index (χ1n) is 6.98. The van der Waals surface area contributed by atoms with E-state index in [0.717, 1.165) is 37.9 Å². The molecule has 1 saturated carbocycles. The van der Waals surface area contributed by atoms with Crippen LogP contribution in [0.3, 0.4) is 0 Å². The Morgan fingerprint density at radius 1 is 1.33 bits per heavy atom. The molecule has 4 nitrogen and oxygen atoms in total. The number of rotatable bonds is 3. The molecule has 0 N–H and O–H groups in total. The maximum atomic E-state index is 5.86. The predicted molar refractivity (Wildman–Crippen MR) is 70.4 cm³/mol. The molecule has 100 valence electrons. The molecule has 1 aromatic heterocycles. The molecule has 3 rings (SSSR count). The third-order valence-electron chi connectivity index (χ3n) is 4.40. The van der Waals surface area contributed by atoms with Gasteiger partial charge in [-0.2, -0.15) is 0 Å². The molecule has 4 heteroatoms. The van der Waals surface area contributed by atoms with Gasteiger partial charge in [-0.1, -0.05) is 0 Å². The summed E-state index contributed by atoms with van der Waals surface area (Å²) in [7, 11) is 2.11. The van der Waals surface area contributed by atoms with Crippen LogP contribution in [0.5, 0.6) is 0 Å². The van der Waals surface area contributed by atoms with Crippen molar-refractivity contribution in [3.63, 3.8) is 0 Å². The molecule has 1 aromatic rings. The number of hydrogen-bond donors (Lipinski definition) is 0. The normalized spacial score (nSPS) is 25.6. The second-order valence-corrected chi connectivity index (χ2v) is 5.74. The Morgan fingerprint density at radius 2 is 2.11 bits per heavy atom. The topological polar surface area (TPSA) is 30.3 Å². The molecule has 0 amide bonds. The van der Waals surface area contributed by atoms with Crippen LogP contribution in [0.2, 0.25) is 0 Å². The van der Waals surface area contributed by atoms with Crippen molar-refractivity contribution in [3.05, 3.63) is 17.2 Å². The number of imidazole rings is 1. The van der Waals surface area contributed by atoms with Gasteiger partial charge in [-0.05, 0) is 32.6 Å². The molecule has 2 heterocycles. The van der Waals surface area contributed by atoms with Crippen LogP contribution in [-0.2, 0) is 18.3 Å². The summed E-state index contributed by atoms with van der Waals surface area (Å²) in [5, 5.41) is 0. The van der Waals surface area contributed by atoms with Gasteiger partial charge in [-0.25, -0.2) is 4.98 Å². The van der Waals surface area contributed by atoms with Crippen LogP contribution in [0.1, 0.15) is 30.1 Å². The average molecular weight is 249 g/mol. The van der Waals surface area contributed by atoms with E-state index in [-0.39, 0.29) is 0 Å². The summed E-state index contributed by atoms with van der Waals surface area (Å²) in [5.74, 6) is 2.01. The van der Waals surface area contributed by atoms with Crippen molar-refractivity contribution < 1.29 is 4.74 Å². The largest absolute Gasteiger partial charge is 0.375 e. The summed E-state index contributed by atoms with van der Waals surface area (Å²) in [6.45, 7) is 8.18. The summed E-state index contributed by atoms with van der Waals surface area (Å²) in [4.78, 5) is 7.16. The van der Waals surface area contributed by atoms with Gasteiger partial charge in [-0.15, -0.1) is 0 Å². The van der Waals surface area contributed by atoms with Gasteiger partial charge >= 0.3 is 0 Å². The van der Waals surface area contributed by atoms with Gasteiger partial charge in [0, 0.05) is 25.8 Å². The lowest BCUT2D eigenvalue weighted by Gasteiger charge is -2.32. The Balaban J connectivity index is 1.66. The van der Waals surface area contributed by atoms with Crippen LogP contribution in [0, 0.1) is 19.8 Å². The molecular formula is C14H23N3O. The lowest BCUT2D eigenvalue weighted by molar-refractivity contribution is -0.0427. The van der Waals surface area contributed by atoms with Gasteiger partial charge in [0.15, 0.2) is 0 Å². The van der Waals surface area contributed by atoms with Crippen LogP contribution in [0.4, 0.5) is 0 Å². The van der Waals surface area contributed by atoms with Gasteiger partial charge in [0.2, 0.25) is 0 Å². The van der Waals surface area contributed by atoms with Crippen molar-refractivity contribution in [3.8, 4) is 0 Å². The van der Waals surface area contributed by atoms with Crippen LogP contribution in [0.25, 0.3) is 0 Å². The first-order valence-corrected chi connectivity index (χ1v) is 6.98. The van der Waals surface area contributed by atoms with Crippen molar-refractivity contribution in [2.24, 2.45) is 13.0 Å². The quantitative estimate of drug-likeness (QED) is 0.816. The van der Waals surface area contributed by atoms with Crippen molar-refractivity contribution in [2.75, 3.05) is 19.7 Å². The first-order chi connectivity index (χ1) is 8.65. The Bertz CT molecular complexity index is 436. The number of ether oxygens (including phenoxy) is 1. The van der Waals surface area contributed by atoms with Crippen LogP contribution in [0.15, 0.2) is 0 Å². The fraction of sp³-hybridized carbons (Fsp3) is 0.786. The minimum Gasteiger partial charge on any atom is -0.375 e. The fourth-order valence-electron chi connectivity index (χ4n) is 2.76. The molecule has 2 fully saturated rings. The highest BCUT2D eigenvalue weighted by molar-refractivity contribution is 5.13. The summed E-state index contributed by atoms with van der Waals surface area (Å²) in [6, 6.07) is 0. The van der Waals surface area contributed by atoms with Crippen molar-refractivity contribution in [2.45, 2.75) is 39.3 Å². The summed E-state index contributed by atoms with van der Waals surface area (Å²) in [6.07, 6.45) is 3.19. The Labute approximate surface area is 109 Å². The maximum absolute atomic E-state index is 5.86. The SMILES string of the molecule is Cc1nc(CN2CCOC(C3CC3)C2)n(C)c1C. The third-order valence-corrected chi connectivity index (χ3v) is 4.40. The molecule has 1 saturated heterocycles. The zero-order valence-corrected chi connectivity index (χ0v) is 11.6. The third kappa shape index (κ3) is 2.31. The highest BCUT2D eigenvalue weighted by Crippen LogP contribution is 2.35. The van der Waals surface area contributed by atoms with E-state index in [0.29, 0.717) is 6.10 Å². The van der Waals surface area contributed by atoms with E-state index in [1.807, 2.05) is 0 Å². The van der Waals surface area contributed by atoms with Crippen molar-refractivity contribution in [1.82, 2.24) is 14.5 Å². The molecule has 18 heavy (non-hydrogen) atoms. The smallest absolute Gasteiger partial charge is 0.123 e. The van der Waals surface area contributed by atoms with Crippen molar-refractivity contribution >= 4 is 0 Å². The van der Waals surface area contributed by atoms with Crippen LogP contribution >= 0.6 is 0 Å². The molecule has 0 bridgehead atoms. The van der Waals surface area contributed by atoms with Gasteiger partial charge in [0.1, 0.15) is 5.82 Å². The zero-order valence-electron chi connectivity index (χ0n) is 11.6. The molecular weight excluding hydrogens is 226 g/mol. The number of aromatic nitrogens is 2. The van der Waals surface area contributed by atoms with E-state index in [2.05, 4.69) is 35.3 Å². The molecule has 1 aliphatic carbocycles. The molecule has 0 spiro atoms. The monoisotopic (exact) mass is 249 g/mol. The second kappa shape index (κ2) is 4.67. The fourth-order valence-corrected chi connectivity index (χ4v) is 2.76. The van der Waals surface area contributed by atoms with Gasteiger partial charge in [-0.3, -0.25) is 4.90 Å². The number of nitrogens with zero attached hydrogens (tertiary/aromatic N) is 3. The maximum Gasteiger partial charge on any atom is 0.123 e. The molecule has 1 unspecified atom stereocenters.